The second kappa shape index (κ2) is 8.90. The van der Waals surface area contributed by atoms with E-state index in [4.69, 9.17) is 26.1 Å². The fourth-order valence-electron chi connectivity index (χ4n) is 3.78. The Morgan fingerprint density at radius 1 is 1.16 bits per heavy atom. The molecule has 1 amide bonds. The monoisotopic (exact) mass is 458 g/mol. The first-order valence-corrected chi connectivity index (χ1v) is 11.5. The molecule has 0 aliphatic carbocycles. The molecule has 7 nitrogen and oxygen atoms in total. The lowest BCUT2D eigenvalue weighted by Crippen LogP contribution is -2.50. The minimum atomic E-state index is -0.612. The van der Waals surface area contributed by atoms with Crippen molar-refractivity contribution in [3.63, 3.8) is 0 Å². The maximum Gasteiger partial charge on any atom is 0.264 e. The number of hydrogen-bond acceptors (Lipinski definition) is 7. The number of nitrogens with one attached hydrogen (secondary N) is 1. The largest absolute Gasteiger partial charge is 0.485 e. The molecule has 3 heterocycles. The molecule has 2 aromatic carbocycles. The summed E-state index contributed by atoms with van der Waals surface area (Å²) >= 11 is 7.77. The Morgan fingerprint density at radius 3 is 2.81 bits per heavy atom. The molecule has 0 bridgehead atoms. The van der Waals surface area contributed by atoms with E-state index in [2.05, 4.69) is 15.1 Å². The Kier molecular flexibility index (Phi) is 5.85. The first-order chi connectivity index (χ1) is 15.2. The van der Waals surface area contributed by atoms with E-state index < -0.39 is 6.10 Å². The summed E-state index contributed by atoms with van der Waals surface area (Å²) in [7, 11) is 0. The van der Waals surface area contributed by atoms with Gasteiger partial charge in [-0.05, 0) is 30.3 Å². The van der Waals surface area contributed by atoms with E-state index in [9.17, 15) is 4.79 Å². The van der Waals surface area contributed by atoms with Crippen LogP contribution >= 0.6 is 22.9 Å². The van der Waals surface area contributed by atoms with Crippen LogP contribution in [0.4, 0.5) is 5.13 Å². The number of hydrogen-bond donors (Lipinski definition) is 1. The van der Waals surface area contributed by atoms with Gasteiger partial charge in [0.2, 0.25) is 6.10 Å². The highest BCUT2D eigenvalue weighted by Crippen LogP contribution is 2.32. The molecule has 2 aliphatic heterocycles. The molecule has 0 radical (unpaired) electrons. The number of nitrogens with zero attached hydrogens (tertiary/aromatic N) is 3. The van der Waals surface area contributed by atoms with E-state index in [1.54, 1.807) is 11.3 Å². The van der Waals surface area contributed by atoms with Gasteiger partial charge < -0.3 is 19.7 Å². The van der Waals surface area contributed by atoms with Crippen molar-refractivity contribution in [1.29, 1.82) is 0 Å². The van der Waals surface area contributed by atoms with Crippen LogP contribution in [0, 0.1) is 0 Å². The maximum atomic E-state index is 12.4. The number of ether oxygens (including phenoxy) is 2. The van der Waals surface area contributed by atoms with E-state index in [1.165, 1.54) is 0 Å². The van der Waals surface area contributed by atoms with Crippen molar-refractivity contribution in [2.75, 3.05) is 50.8 Å². The van der Waals surface area contributed by atoms with Gasteiger partial charge in [-0.15, -0.1) is 0 Å². The summed E-state index contributed by atoms with van der Waals surface area (Å²) in [4.78, 5) is 21.9. The van der Waals surface area contributed by atoms with Gasteiger partial charge in [-0.2, -0.15) is 0 Å². The van der Waals surface area contributed by atoms with Gasteiger partial charge in [-0.3, -0.25) is 9.69 Å². The molecule has 3 aromatic rings. The Balaban J connectivity index is 1.07. The van der Waals surface area contributed by atoms with E-state index in [-0.39, 0.29) is 12.5 Å². The van der Waals surface area contributed by atoms with Crippen LogP contribution in [0.1, 0.15) is 0 Å². The summed E-state index contributed by atoms with van der Waals surface area (Å²) in [6, 6.07) is 13.2. The summed E-state index contributed by atoms with van der Waals surface area (Å²) in [6.07, 6.45) is -0.612. The van der Waals surface area contributed by atoms with Crippen LogP contribution in [0.5, 0.6) is 11.5 Å². The predicted molar refractivity (Wildman–Crippen MR) is 123 cm³/mol. The molecular formula is C22H23ClN4O3S. The number of aromatic nitrogens is 1. The molecule has 1 unspecified atom stereocenters. The lowest BCUT2D eigenvalue weighted by molar-refractivity contribution is -0.130. The number of rotatable bonds is 5. The molecule has 162 valence electrons. The van der Waals surface area contributed by atoms with Crippen molar-refractivity contribution in [1.82, 2.24) is 15.2 Å². The lowest BCUT2D eigenvalue weighted by atomic mass is 10.2. The third kappa shape index (κ3) is 4.56. The topological polar surface area (TPSA) is 66.9 Å². The van der Waals surface area contributed by atoms with Crippen LogP contribution in [0.2, 0.25) is 5.02 Å². The highest BCUT2D eigenvalue weighted by atomic mass is 35.5. The van der Waals surface area contributed by atoms with Crippen molar-refractivity contribution in [3.05, 3.63) is 47.5 Å². The third-order valence-electron chi connectivity index (χ3n) is 5.51. The molecule has 2 aliphatic rings. The summed E-state index contributed by atoms with van der Waals surface area (Å²) in [5.74, 6) is 1.16. The number of benzene rings is 2. The van der Waals surface area contributed by atoms with Gasteiger partial charge in [0.15, 0.2) is 16.6 Å². The number of carbonyl (C=O) groups is 1. The van der Waals surface area contributed by atoms with Crippen LogP contribution < -0.4 is 19.7 Å². The summed E-state index contributed by atoms with van der Waals surface area (Å²) in [5, 5.41) is 4.76. The quantitative estimate of drug-likeness (QED) is 0.634. The van der Waals surface area contributed by atoms with Gasteiger partial charge in [0.1, 0.15) is 6.61 Å². The number of halogens is 1. The molecule has 0 saturated carbocycles. The predicted octanol–water partition coefficient (Wildman–Crippen LogP) is 3.03. The standard InChI is InChI=1S/C22H23ClN4O3S/c23-15-5-6-16-20(13-15)31-22(25-16)27-11-9-26(10-12-27)8-7-24-21(28)19-14-29-17-3-1-2-4-18(17)30-19/h1-6,13,19H,7-12,14H2,(H,24,28). The zero-order chi connectivity index (χ0) is 21.2. The molecule has 1 atom stereocenters. The van der Waals surface area contributed by atoms with E-state index in [0.717, 1.165) is 53.1 Å². The van der Waals surface area contributed by atoms with Crippen LogP contribution in [-0.4, -0.2) is 67.8 Å². The average molecular weight is 459 g/mol. The fraction of sp³-hybridized carbons (Fsp3) is 0.364. The van der Waals surface area contributed by atoms with Gasteiger partial charge in [0.25, 0.3) is 5.91 Å². The minimum absolute atomic E-state index is 0.138. The smallest absolute Gasteiger partial charge is 0.264 e. The van der Waals surface area contributed by atoms with Crippen molar-refractivity contribution in [2.24, 2.45) is 0 Å². The van der Waals surface area contributed by atoms with E-state index in [1.807, 2.05) is 42.5 Å². The van der Waals surface area contributed by atoms with Gasteiger partial charge in [-0.25, -0.2) is 4.98 Å². The van der Waals surface area contributed by atoms with Crippen LogP contribution in [0.3, 0.4) is 0 Å². The number of carbonyl (C=O) groups excluding carboxylic acids is 1. The first kappa shape index (κ1) is 20.4. The Bertz CT molecular complexity index is 1080. The number of para-hydroxylation sites is 2. The fourth-order valence-corrected chi connectivity index (χ4v) is 5.08. The van der Waals surface area contributed by atoms with Gasteiger partial charge >= 0.3 is 0 Å². The van der Waals surface area contributed by atoms with Gasteiger partial charge in [-0.1, -0.05) is 35.1 Å². The second-order valence-corrected chi connectivity index (χ2v) is 9.04. The molecule has 9 heteroatoms. The van der Waals surface area contributed by atoms with Crippen LogP contribution in [-0.2, 0) is 4.79 Å². The van der Waals surface area contributed by atoms with E-state index >= 15 is 0 Å². The maximum absolute atomic E-state index is 12.4. The Labute approximate surface area is 189 Å². The second-order valence-electron chi connectivity index (χ2n) is 7.59. The van der Waals surface area contributed by atoms with Crippen molar-refractivity contribution >= 4 is 44.2 Å². The first-order valence-electron chi connectivity index (χ1n) is 10.4. The van der Waals surface area contributed by atoms with Gasteiger partial charge in [0, 0.05) is 44.3 Å². The van der Waals surface area contributed by atoms with Crippen molar-refractivity contribution < 1.29 is 14.3 Å². The molecule has 31 heavy (non-hydrogen) atoms. The molecule has 1 aromatic heterocycles. The minimum Gasteiger partial charge on any atom is -0.485 e. The zero-order valence-corrected chi connectivity index (χ0v) is 18.5. The SMILES string of the molecule is O=C(NCCN1CCN(c2nc3ccc(Cl)cc3s2)CC1)C1COc2ccccc2O1. The summed E-state index contributed by atoms with van der Waals surface area (Å²) in [6.45, 7) is 5.32. The highest BCUT2D eigenvalue weighted by Gasteiger charge is 2.27. The Morgan fingerprint density at radius 2 is 1.97 bits per heavy atom. The molecule has 1 N–H and O–H groups in total. The van der Waals surface area contributed by atoms with Crippen molar-refractivity contribution in [3.8, 4) is 11.5 Å². The van der Waals surface area contributed by atoms with Crippen molar-refractivity contribution in [2.45, 2.75) is 6.10 Å². The van der Waals surface area contributed by atoms with Gasteiger partial charge in [0.05, 0.1) is 10.2 Å². The third-order valence-corrected chi connectivity index (χ3v) is 6.82. The summed E-state index contributed by atoms with van der Waals surface area (Å²) < 4.78 is 12.5. The number of thiazole rings is 1. The average Bonchev–Trinajstić information content (AvgIpc) is 3.22. The normalized spacial score (nSPS) is 18.9. The summed E-state index contributed by atoms with van der Waals surface area (Å²) in [5.41, 5.74) is 0.992. The number of piperazine rings is 1. The number of fused-ring (bicyclic) bond motifs is 2. The molecule has 5 rings (SSSR count). The number of anilines is 1. The zero-order valence-electron chi connectivity index (χ0n) is 16.9. The van der Waals surface area contributed by atoms with Crippen LogP contribution in [0.15, 0.2) is 42.5 Å². The number of amides is 1. The molecule has 1 fully saturated rings. The molecule has 1 saturated heterocycles. The highest BCUT2D eigenvalue weighted by molar-refractivity contribution is 7.22. The lowest BCUT2D eigenvalue weighted by Gasteiger charge is -2.34. The van der Waals surface area contributed by atoms with E-state index in [0.29, 0.717) is 18.0 Å². The molecule has 0 spiro atoms. The van der Waals surface area contributed by atoms with Crippen LogP contribution in [0.25, 0.3) is 10.2 Å². The Hall–Kier alpha value is -2.55. The molecular weight excluding hydrogens is 436 g/mol.